The van der Waals surface area contributed by atoms with Crippen molar-refractivity contribution < 1.29 is 9.47 Å². The molecule has 1 aromatic rings. The van der Waals surface area contributed by atoms with Crippen LogP contribution in [0.4, 0.5) is 0 Å². The quantitative estimate of drug-likeness (QED) is 0.511. The predicted octanol–water partition coefficient (Wildman–Crippen LogP) is 4.81. The SMILES string of the molecule is COc1c(C)c(C)c(OC)c(CC/C=C/CCCC#N)c1C. The Kier molecular flexibility index (Phi) is 7.52. The molecule has 22 heavy (non-hydrogen) atoms. The minimum Gasteiger partial charge on any atom is -0.496 e. The van der Waals surface area contributed by atoms with E-state index in [0.29, 0.717) is 6.42 Å². The maximum absolute atomic E-state index is 8.50. The van der Waals surface area contributed by atoms with Gasteiger partial charge in [-0.05, 0) is 63.1 Å². The zero-order valence-electron chi connectivity index (χ0n) is 14.5. The number of ether oxygens (including phenoxy) is 2. The van der Waals surface area contributed by atoms with Crippen LogP contribution in [-0.2, 0) is 6.42 Å². The summed E-state index contributed by atoms with van der Waals surface area (Å²) in [5.41, 5.74) is 4.69. The number of allylic oxidation sites excluding steroid dienone is 2. The summed E-state index contributed by atoms with van der Waals surface area (Å²) in [4.78, 5) is 0. The number of rotatable bonds is 8. The van der Waals surface area contributed by atoms with Crippen molar-refractivity contribution in [3.05, 3.63) is 34.4 Å². The second-order valence-corrected chi connectivity index (χ2v) is 5.48. The average Bonchev–Trinajstić information content (AvgIpc) is 2.51. The van der Waals surface area contributed by atoms with Crippen molar-refractivity contribution in [3.8, 4) is 17.6 Å². The molecule has 0 radical (unpaired) electrons. The lowest BCUT2D eigenvalue weighted by Crippen LogP contribution is -2.03. The van der Waals surface area contributed by atoms with Crippen LogP contribution in [0.15, 0.2) is 12.2 Å². The highest BCUT2D eigenvalue weighted by molar-refractivity contribution is 5.58. The third kappa shape index (κ3) is 4.27. The van der Waals surface area contributed by atoms with Crippen LogP contribution in [0, 0.1) is 32.1 Å². The lowest BCUT2D eigenvalue weighted by atomic mass is 9.94. The third-order valence-electron chi connectivity index (χ3n) is 4.11. The number of nitrogens with zero attached hydrogens (tertiary/aromatic N) is 1. The number of nitriles is 1. The Morgan fingerprint density at radius 3 is 2.09 bits per heavy atom. The summed E-state index contributed by atoms with van der Waals surface area (Å²) in [6.45, 7) is 6.25. The molecule has 1 aromatic carbocycles. The molecule has 0 amide bonds. The minimum atomic E-state index is 0.631. The Hall–Kier alpha value is -1.95. The van der Waals surface area contributed by atoms with Gasteiger partial charge in [-0.1, -0.05) is 12.2 Å². The molecule has 0 aliphatic heterocycles. The van der Waals surface area contributed by atoms with Gasteiger partial charge in [0.1, 0.15) is 11.5 Å². The van der Waals surface area contributed by atoms with Crippen LogP contribution in [0.3, 0.4) is 0 Å². The van der Waals surface area contributed by atoms with Crippen molar-refractivity contribution in [1.29, 1.82) is 5.26 Å². The Morgan fingerprint density at radius 2 is 1.50 bits per heavy atom. The number of hydrogen-bond acceptors (Lipinski definition) is 3. The molecule has 0 unspecified atom stereocenters. The fourth-order valence-corrected chi connectivity index (χ4v) is 2.80. The summed E-state index contributed by atoms with van der Waals surface area (Å²) < 4.78 is 11.2. The summed E-state index contributed by atoms with van der Waals surface area (Å²) in [6, 6.07) is 2.17. The Bertz CT molecular complexity index is 568. The topological polar surface area (TPSA) is 42.2 Å². The largest absolute Gasteiger partial charge is 0.496 e. The van der Waals surface area contributed by atoms with Gasteiger partial charge < -0.3 is 9.47 Å². The first-order chi connectivity index (χ1) is 10.6. The number of benzene rings is 1. The summed E-state index contributed by atoms with van der Waals surface area (Å²) >= 11 is 0. The van der Waals surface area contributed by atoms with Crippen LogP contribution >= 0.6 is 0 Å². The van der Waals surface area contributed by atoms with Crippen LogP contribution in [0.2, 0.25) is 0 Å². The zero-order chi connectivity index (χ0) is 16.5. The third-order valence-corrected chi connectivity index (χ3v) is 4.11. The van der Waals surface area contributed by atoms with Crippen molar-refractivity contribution in [2.75, 3.05) is 14.2 Å². The van der Waals surface area contributed by atoms with E-state index in [4.69, 9.17) is 14.7 Å². The van der Waals surface area contributed by atoms with Gasteiger partial charge in [0.05, 0.1) is 20.3 Å². The standard InChI is InChI=1S/C19H27NO2/c1-14-15(2)19(22-5)17(16(3)18(14)21-4)12-10-8-6-7-9-11-13-20/h6,8H,7,9-12H2,1-5H3/b8-6+. The van der Waals surface area contributed by atoms with Gasteiger partial charge in [-0.25, -0.2) is 0 Å². The van der Waals surface area contributed by atoms with Gasteiger partial charge in [0.15, 0.2) is 0 Å². The lowest BCUT2D eigenvalue weighted by molar-refractivity contribution is 0.390. The first kappa shape index (κ1) is 18.1. The van der Waals surface area contributed by atoms with E-state index in [-0.39, 0.29) is 0 Å². The smallest absolute Gasteiger partial charge is 0.125 e. The molecule has 0 aliphatic carbocycles. The van der Waals surface area contributed by atoms with Gasteiger partial charge in [-0.3, -0.25) is 0 Å². The van der Waals surface area contributed by atoms with Gasteiger partial charge >= 0.3 is 0 Å². The predicted molar refractivity (Wildman–Crippen MR) is 90.7 cm³/mol. The lowest BCUT2D eigenvalue weighted by Gasteiger charge is -2.20. The van der Waals surface area contributed by atoms with Crippen molar-refractivity contribution in [2.24, 2.45) is 0 Å². The van der Waals surface area contributed by atoms with Crippen molar-refractivity contribution in [2.45, 2.75) is 52.9 Å². The van der Waals surface area contributed by atoms with E-state index in [1.165, 1.54) is 11.1 Å². The van der Waals surface area contributed by atoms with Crippen LogP contribution < -0.4 is 9.47 Å². The summed E-state index contributed by atoms with van der Waals surface area (Å²) in [6.07, 6.45) is 8.80. The van der Waals surface area contributed by atoms with Gasteiger partial charge in [-0.15, -0.1) is 0 Å². The fourth-order valence-electron chi connectivity index (χ4n) is 2.80. The van der Waals surface area contributed by atoms with Gasteiger partial charge in [0, 0.05) is 12.0 Å². The van der Waals surface area contributed by atoms with Gasteiger partial charge in [-0.2, -0.15) is 5.26 Å². The number of unbranched alkanes of at least 4 members (excludes halogenated alkanes) is 2. The van der Waals surface area contributed by atoms with E-state index in [9.17, 15) is 0 Å². The maximum atomic E-state index is 8.50. The molecule has 0 saturated carbocycles. The second kappa shape index (κ2) is 9.15. The normalized spacial score (nSPS) is 10.7. The maximum Gasteiger partial charge on any atom is 0.125 e. The van der Waals surface area contributed by atoms with Gasteiger partial charge in [0.2, 0.25) is 0 Å². The molecule has 3 nitrogen and oxygen atoms in total. The Morgan fingerprint density at radius 1 is 0.909 bits per heavy atom. The molecule has 0 heterocycles. The molecule has 0 fully saturated rings. The molecule has 0 aromatic heterocycles. The van der Waals surface area contributed by atoms with E-state index in [0.717, 1.165) is 48.3 Å². The highest BCUT2D eigenvalue weighted by Crippen LogP contribution is 2.38. The molecule has 1 rings (SSSR count). The van der Waals surface area contributed by atoms with Crippen LogP contribution in [0.1, 0.15) is 47.9 Å². The molecular weight excluding hydrogens is 274 g/mol. The zero-order valence-corrected chi connectivity index (χ0v) is 14.5. The average molecular weight is 301 g/mol. The first-order valence-electron chi connectivity index (χ1n) is 7.81. The molecule has 0 aliphatic rings. The van der Waals surface area contributed by atoms with Gasteiger partial charge in [0.25, 0.3) is 0 Å². The van der Waals surface area contributed by atoms with Crippen LogP contribution in [-0.4, -0.2) is 14.2 Å². The monoisotopic (exact) mass is 301 g/mol. The van der Waals surface area contributed by atoms with E-state index in [2.05, 4.69) is 39.0 Å². The Balaban J connectivity index is 2.86. The highest BCUT2D eigenvalue weighted by atomic mass is 16.5. The minimum absolute atomic E-state index is 0.631. The van der Waals surface area contributed by atoms with E-state index >= 15 is 0 Å². The van der Waals surface area contributed by atoms with E-state index in [1.807, 2.05) is 0 Å². The van der Waals surface area contributed by atoms with E-state index in [1.54, 1.807) is 14.2 Å². The molecule has 0 atom stereocenters. The molecule has 3 heteroatoms. The highest BCUT2D eigenvalue weighted by Gasteiger charge is 2.17. The molecule has 120 valence electrons. The van der Waals surface area contributed by atoms with Crippen LogP contribution in [0.25, 0.3) is 0 Å². The van der Waals surface area contributed by atoms with Crippen LogP contribution in [0.5, 0.6) is 11.5 Å². The number of methoxy groups -OCH3 is 2. The molecule has 0 spiro atoms. The molecule has 0 N–H and O–H groups in total. The van der Waals surface area contributed by atoms with Crippen molar-refractivity contribution >= 4 is 0 Å². The van der Waals surface area contributed by atoms with E-state index < -0.39 is 0 Å². The summed E-state index contributed by atoms with van der Waals surface area (Å²) in [5, 5.41) is 8.50. The fraction of sp³-hybridized carbons (Fsp3) is 0.526. The number of hydrogen-bond donors (Lipinski definition) is 0. The van der Waals surface area contributed by atoms with Crippen molar-refractivity contribution in [3.63, 3.8) is 0 Å². The van der Waals surface area contributed by atoms with Crippen molar-refractivity contribution in [1.82, 2.24) is 0 Å². The first-order valence-corrected chi connectivity index (χ1v) is 7.81. The molecule has 0 saturated heterocycles. The summed E-state index contributed by atoms with van der Waals surface area (Å²) in [7, 11) is 3.45. The molecular formula is C19H27NO2. The summed E-state index contributed by atoms with van der Waals surface area (Å²) in [5.74, 6) is 1.94. The molecule has 0 bridgehead atoms. The second-order valence-electron chi connectivity index (χ2n) is 5.48. The Labute approximate surface area is 134 Å².